The third-order valence-electron chi connectivity index (χ3n) is 3.21. The topological polar surface area (TPSA) is 44.8 Å². The number of ether oxygens (including phenoxy) is 2. The maximum atomic E-state index is 12.6. The fourth-order valence-electron chi connectivity index (χ4n) is 2.13. The zero-order valence-electron chi connectivity index (χ0n) is 12.3. The van der Waals surface area contributed by atoms with Crippen LogP contribution in [-0.2, 0) is 3.79 Å². The van der Waals surface area contributed by atoms with Crippen LogP contribution in [0.1, 0.15) is 22.0 Å². The van der Waals surface area contributed by atoms with E-state index in [-0.39, 0.29) is 5.78 Å². The van der Waals surface area contributed by atoms with Crippen LogP contribution in [0.2, 0.25) is 0 Å². The van der Waals surface area contributed by atoms with E-state index in [1.165, 1.54) is 0 Å². The van der Waals surface area contributed by atoms with E-state index in [4.69, 9.17) is 13.3 Å². The minimum atomic E-state index is -0.636. The van der Waals surface area contributed by atoms with Crippen molar-refractivity contribution >= 4 is 22.4 Å². The van der Waals surface area contributed by atoms with Gasteiger partial charge in [-0.3, -0.25) is 4.79 Å². The van der Waals surface area contributed by atoms with Crippen LogP contribution in [0.15, 0.2) is 48.5 Å². The molecule has 0 aliphatic carbocycles. The Hall–Kier alpha value is -1.80. The molecule has 1 atom stereocenters. The van der Waals surface area contributed by atoms with Gasteiger partial charge >= 0.3 is 16.6 Å². The molecule has 0 heterocycles. The Bertz CT molecular complexity index is 591. The highest BCUT2D eigenvalue weighted by Gasteiger charge is 2.21. The van der Waals surface area contributed by atoms with Gasteiger partial charge in [-0.1, -0.05) is 30.3 Å². The first-order valence-electron chi connectivity index (χ1n) is 6.54. The van der Waals surface area contributed by atoms with Gasteiger partial charge in [-0.05, 0) is 17.7 Å². The predicted molar refractivity (Wildman–Crippen MR) is 82.7 cm³/mol. The lowest BCUT2D eigenvalue weighted by atomic mass is 9.99. The van der Waals surface area contributed by atoms with Crippen LogP contribution >= 0.6 is 0 Å². The van der Waals surface area contributed by atoms with E-state index in [9.17, 15) is 4.79 Å². The molecule has 2 aromatic carbocycles. The van der Waals surface area contributed by atoms with Crippen molar-refractivity contribution in [2.45, 2.75) is 6.10 Å². The first kappa shape index (κ1) is 15.6. The number of carbonyl (C=O) groups is 1. The quantitative estimate of drug-likeness (QED) is 0.606. The van der Waals surface area contributed by atoms with Gasteiger partial charge in [-0.15, -0.1) is 0 Å². The Balaban J connectivity index is 2.39. The Labute approximate surface area is 132 Å². The minimum Gasteiger partial charge on any atom is -0.497 e. The summed E-state index contributed by atoms with van der Waals surface area (Å²) >= 11 is 0.452. The Morgan fingerprint density at radius 2 is 1.57 bits per heavy atom. The van der Waals surface area contributed by atoms with Gasteiger partial charge in [0.15, 0.2) is 5.78 Å². The van der Waals surface area contributed by atoms with Crippen LogP contribution in [-0.4, -0.2) is 36.6 Å². The third-order valence-corrected chi connectivity index (χ3v) is 3.68. The van der Waals surface area contributed by atoms with Gasteiger partial charge in [0.05, 0.1) is 14.2 Å². The average Bonchev–Trinajstić information content (AvgIpc) is 2.55. The Morgan fingerprint density at radius 1 is 1.00 bits per heavy atom. The van der Waals surface area contributed by atoms with Gasteiger partial charge in [-0.25, -0.2) is 0 Å². The molecule has 0 saturated heterocycles. The zero-order chi connectivity index (χ0) is 15.2. The van der Waals surface area contributed by atoms with Crippen molar-refractivity contribution in [1.82, 2.24) is 0 Å². The summed E-state index contributed by atoms with van der Waals surface area (Å²) in [7, 11) is 3.16. The molecule has 1 unspecified atom stereocenters. The number of carbonyl (C=O) groups excluding carboxylic acids is 1. The maximum Gasteiger partial charge on any atom is 0.411 e. The third kappa shape index (κ3) is 3.65. The second-order valence-corrected chi connectivity index (χ2v) is 4.96. The molecular weight excluding hydrogens is 283 g/mol. The summed E-state index contributed by atoms with van der Waals surface area (Å²) in [5, 5.41) is 0. The highest BCUT2D eigenvalue weighted by molar-refractivity contribution is 6.05. The van der Waals surface area contributed by atoms with Gasteiger partial charge in [0.1, 0.15) is 17.6 Å². The van der Waals surface area contributed by atoms with E-state index in [0.717, 1.165) is 5.56 Å². The number of hydrogen-bond donors (Lipinski definition) is 0. The van der Waals surface area contributed by atoms with Crippen molar-refractivity contribution in [1.29, 1.82) is 0 Å². The molecule has 2 rings (SSSR count). The predicted octanol–water partition coefficient (Wildman–Crippen LogP) is 2.19. The van der Waals surface area contributed by atoms with Crippen molar-refractivity contribution in [2.24, 2.45) is 0 Å². The van der Waals surface area contributed by atoms with E-state index in [0.29, 0.717) is 33.7 Å². The second kappa shape index (κ2) is 7.28. The van der Waals surface area contributed by atoms with Crippen molar-refractivity contribution in [3.05, 3.63) is 59.7 Å². The molecule has 0 radical (unpaired) electrons. The molecule has 21 heavy (non-hydrogen) atoms. The molecule has 0 aliphatic heterocycles. The van der Waals surface area contributed by atoms with Crippen molar-refractivity contribution < 1.29 is 18.1 Å². The number of hydrogen-bond acceptors (Lipinski definition) is 4. The van der Waals surface area contributed by atoms with E-state index in [2.05, 4.69) is 0 Å². The molecule has 108 valence electrons. The van der Waals surface area contributed by atoms with Gasteiger partial charge < -0.3 is 13.3 Å². The molecule has 0 N–H and O–H groups in total. The number of benzene rings is 2. The monoisotopic (exact) mass is 300 g/mol. The van der Waals surface area contributed by atoms with Crippen LogP contribution in [0.3, 0.4) is 0 Å². The number of rotatable bonds is 6. The minimum absolute atomic E-state index is 0.0686. The van der Waals surface area contributed by atoms with E-state index < -0.39 is 6.10 Å². The summed E-state index contributed by atoms with van der Waals surface area (Å²) in [6.45, 7) is 0. The maximum absolute atomic E-state index is 12.6. The van der Waals surface area contributed by atoms with E-state index in [1.807, 2.05) is 18.2 Å². The lowest BCUT2D eigenvalue weighted by Crippen LogP contribution is -2.15. The first-order valence-corrected chi connectivity index (χ1v) is 7.36. The molecule has 5 heteroatoms. The molecular formula is C16H17AlO4. The fourth-order valence-corrected chi connectivity index (χ4v) is 2.62. The van der Waals surface area contributed by atoms with Crippen LogP contribution in [0.4, 0.5) is 0 Å². The molecule has 4 nitrogen and oxygen atoms in total. The summed E-state index contributed by atoms with van der Waals surface area (Å²) in [5.74, 6) is 1.20. The van der Waals surface area contributed by atoms with Gasteiger partial charge in [0.25, 0.3) is 0 Å². The Kier molecular flexibility index (Phi) is 5.40. The van der Waals surface area contributed by atoms with Crippen LogP contribution in [0.5, 0.6) is 11.5 Å². The molecule has 0 aromatic heterocycles. The van der Waals surface area contributed by atoms with Crippen LogP contribution in [0, 0.1) is 0 Å². The van der Waals surface area contributed by atoms with Crippen LogP contribution in [0.25, 0.3) is 0 Å². The SMILES string of the molecule is COc1cc(OC)cc(C([O][AlH2])C(=O)c2ccccc2)c1. The summed E-state index contributed by atoms with van der Waals surface area (Å²) in [6, 6.07) is 14.5. The molecule has 0 bridgehead atoms. The fraction of sp³-hybridized carbons (Fsp3) is 0.188. The van der Waals surface area contributed by atoms with E-state index in [1.54, 1.807) is 44.6 Å². The summed E-state index contributed by atoms with van der Waals surface area (Å²) < 4.78 is 16.0. The summed E-state index contributed by atoms with van der Waals surface area (Å²) in [5.41, 5.74) is 1.36. The smallest absolute Gasteiger partial charge is 0.411 e. The highest BCUT2D eigenvalue weighted by Crippen LogP contribution is 2.29. The van der Waals surface area contributed by atoms with Gasteiger partial charge in [0.2, 0.25) is 0 Å². The molecule has 2 aromatic rings. The number of methoxy groups -OCH3 is 2. The zero-order valence-corrected chi connectivity index (χ0v) is 14.3. The standard InChI is InChI=1S/C16H15O4.Al.2H/c1-19-13-8-12(9-14(10-13)20-2)16(18)15(17)11-6-4-3-5-7-11;;;/h3-10,16H,1-2H3;;;/q-1;+1;;. The normalized spacial score (nSPS) is 11.7. The molecule has 0 saturated carbocycles. The number of Topliss-reactive ketones (excluding diaryl/α,β-unsaturated/α-hetero) is 1. The Morgan fingerprint density at radius 3 is 2.05 bits per heavy atom. The van der Waals surface area contributed by atoms with Crippen LogP contribution < -0.4 is 9.47 Å². The largest absolute Gasteiger partial charge is 0.497 e. The lowest BCUT2D eigenvalue weighted by molar-refractivity contribution is 0.0807. The molecule has 0 fully saturated rings. The number of ketones is 1. The van der Waals surface area contributed by atoms with E-state index >= 15 is 0 Å². The van der Waals surface area contributed by atoms with Gasteiger partial charge in [0, 0.05) is 11.6 Å². The van der Waals surface area contributed by atoms with Crippen molar-refractivity contribution in [3.63, 3.8) is 0 Å². The molecule has 0 spiro atoms. The lowest BCUT2D eigenvalue weighted by Gasteiger charge is -2.18. The molecule has 0 aliphatic rings. The highest BCUT2D eigenvalue weighted by atomic mass is 27.1. The van der Waals surface area contributed by atoms with Gasteiger partial charge in [-0.2, -0.15) is 0 Å². The second-order valence-electron chi connectivity index (χ2n) is 4.49. The van der Waals surface area contributed by atoms with Crippen molar-refractivity contribution in [3.8, 4) is 11.5 Å². The first-order chi connectivity index (χ1) is 10.2. The summed E-state index contributed by atoms with van der Waals surface area (Å²) in [6.07, 6.45) is -0.636. The van der Waals surface area contributed by atoms with Crippen molar-refractivity contribution in [2.75, 3.05) is 14.2 Å². The summed E-state index contributed by atoms with van der Waals surface area (Å²) in [4.78, 5) is 12.6. The molecule has 0 amide bonds. The average molecular weight is 300 g/mol.